The lowest BCUT2D eigenvalue weighted by Gasteiger charge is -2.37. The zero-order valence-electron chi connectivity index (χ0n) is 16.6. The van der Waals surface area contributed by atoms with Crippen molar-refractivity contribution in [3.05, 3.63) is 29.8 Å². The van der Waals surface area contributed by atoms with Gasteiger partial charge in [0.05, 0.1) is 0 Å². The predicted octanol–water partition coefficient (Wildman–Crippen LogP) is 2.79. The molecule has 4 heteroatoms. The fourth-order valence-electron chi connectivity index (χ4n) is 5.25. The van der Waals surface area contributed by atoms with Crippen molar-refractivity contribution in [1.29, 1.82) is 0 Å². The lowest BCUT2D eigenvalue weighted by atomic mass is 9.78. The van der Waals surface area contributed by atoms with Gasteiger partial charge in [-0.05, 0) is 68.9 Å². The Balaban J connectivity index is 1.39. The van der Waals surface area contributed by atoms with Gasteiger partial charge >= 0.3 is 0 Å². The summed E-state index contributed by atoms with van der Waals surface area (Å²) in [6, 6.07) is 9.15. The maximum atomic E-state index is 3.54. The van der Waals surface area contributed by atoms with E-state index in [0.717, 1.165) is 6.54 Å². The molecule has 0 saturated carbocycles. The average Bonchev–Trinajstić information content (AvgIpc) is 3.05. The lowest BCUT2D eigenvalue weighted by molar-refractivity contribution is 0.194. The highest BCUT2D eigenvalue weighted by Crippen LogP contribution is 2.39. The third-order valence-electron chi connectivity index (χ3n) is 6.82. The molecule has 1 aromatic rings. The van der Waals surface area contributed by atoms with E-state index in [2.05, 4.69) is 51.2 Å². The topological polar surface area (TPSA) is 21.8 Å². The second-order valence-electron chi connectivity index (χ2n) is 8.67. The van der Waals surface area contributed by atoms with Crippen LogP contribution in [0.4, 0.5) is 5.69 Å². The van der Waals surface area contributed by atoms with Gasteiger partial charge in [-0.25, -0.2) is 0 Å². The van der Waals surface area contributed by atoms with E-state index in [1.165, 1.54) is 95.8 Å². The molecule has 0 aliphatic carbocycles. The number of hydrogen-bond donors (Lipinski definition) is 1. The Bertz CT molecular complexity index is 573. The molecule has 3 heterocycles. The third-order valence-corrected chi connectivity index (χ3v) is 6.82. The van der Waals surface area contributed by atoms with Gasteiger partial charge < -0.3 is 10.2 Å². The van der Waals surface area contributed by atoms with E-state index in [9.17, 15) is 0 Å². The first-order valence-electron chi connectivity index (χ1n) is 10.8. The average molecular weight is 357 g/mol. The second-order valence-corrected chi connectivity index (χ2v) is 8.67. The van der Waals surface area contributed by atoms with Crippen molar-refractivity contribution >= 4 is 5.69 Å². The Morgan fingerprint density at radius 1 is 0.923 bits per heavy atom. The van der Waals surface area contributed by atoms with E-state index >= 15 is 0 Å². The Hall–Kier alpha value is -1.10. The minimum Gasteiger partial charge on any atom is -0.369 e. The first-order chi connectivity index (χ1) is 12.8. The quantitative estimate of drug-likeness (QED) is 0.876. The van der Waals surface area contributed by atoms with Crippen molar-refractivity contribution < 1.29 is 0 Å². The molecule has 0 amide bonds. The van der Waals surface area contributed by atoms with Gasteiger partial charge in [-0.3, -0.25) is 9.80 Å². The van der Waals surface area contributed by atoms with Crippen LogP contribution in [0.1, 0.15) is 38.2 Å². The second kappa shape index (κ2) is 8.28. The summed E-state index contributed by atoms with van der Waals surface area (Å²) in [6.07, 6.45) is 5.39. The SMILES string of the molecule is CCCN1CCN(c2ccccc2CN2CCC3(CCNCC3)C2)CC1. The van der Waals surface area contributed by atoms with Crippen LogP contribution < -0.4 is 10.2 Å². The Kier molecular flexibility index (Phi) is 5.82. The van der Waals surface area contributed by atoms with Gasteiger partial charge in [0.1, 0.15) is 0 Å². The summed E-state index contributed by atoms with van der Waals surface area (Å²) in [5.74, 6) is 0. The Morgan fingerprint density at radius 3 is 2.46 bits per heavy atom. The standard InChI is InChI=1S/C22H36N4/c1-2-12-24-14-16-26(17-15-24)21-6-4-3-5-20(21)18-25-13-9-22(19-25)7-10-23-11-8-22/h3-6,23H,2,7-19H2,1H3. The molecule has 3 aliphatic rings. The summed E-state index contributed by atoms with van der Waals surface area (Å²) < 4.78 is 0. The fraction of sp³-hybridized carbons (Fsp3) is 0.727. The van der Waals surface area contributed by atoms with Crippen LogP contribution in [-0.4, -0.2) is 68.7 Å². The smallest absolute Gasteiger partial charge is 0.0412 e. The molecular formula is C22H36N4. The normalized spacial score (nSPS) is 24.4. The molecule has 1 N–H and O–H groups in total. The molecule has 144 valence electrons. The summed E-state index contributed by atoms with van der Waals surface area (Å²) in [4.78, 5) is 7.95. The molecule has 3 aliphatic heterocycles. The first kappa shape index (κ1) is 18.3. The van der Waals surface area contributed by atoms with Crippen LogP contribution in [0.2, 0.25) is 0 Å². The number of anilines is 1. The van der Waals surface area contributed by atoms with Gasteiger partial charge in [0.15, 0.2) is 0 Å². The third kappa shape index (κ3) is 4.08. The summed E-state index contributed by atoms with van der Waals surface area (Å²) >= 11 is 0. The van der Waals surface area contributed by atoms with Gasteiger partial charge in [-0.2, -0.15) is 0 Å². The van der Waals surface area contributed by atoms with E-state index in [1.54, 1.807) is 0 Å². The van der Waals surface area contributed by atoms with Crippen LogP contribution in [-0.2, 0) is 6.54 Å². The molecule has 0 aromatic heterocycles. The number of benzene rings is 1. The number of rotatable bonds is 5. The van der Waals surface area contributed by atoms with E-state index in [1.807, 2.05) is 0 Å². The number of hydrogen-bond acceptors (Lipinski definition) is 4. The molecule has 4 rings (SSSR count). The van der Waals surface area contributed by atoms with Crippen LogP contribution in [0.15, 0.2) is 24.3 Å². The van der Waals surface area contributed by atoms with E-state index < -0.39 is 0 Å². The van der Waals surface area contributed by atoms with Crippen molar-refractivity contribution in [2.45, 2.75) is 39.2 Å². The van der Waals surface area contributed by atoms with E-state index in [-0.39, 0.29) is 0 Å². The summed E-state index contributed by atoms with van der Waals surface area (Å²) in [5, 5.41) is 3.54. The summed E-state index contributed by atoms with van der Waals surface area (Å²) in [5.41, 5.74) is 3.61. The number of para-hydroxylation sites is 1. The van der Waals surface area contributed by atoms with Crippen molar-refractivity contribution in [3.63, 3.8) is 0 Å². The van der Waals surface area contributed by atoms with Gasteiger partial charge in [0.25, 0.3) is 0 Å². The molecule has 0 radical (unpaired) electrons. The molecular weight excluding hydrogens is 320 g/mol. The number of nitrogens with zero attached hydrogens (tertiary/aromatic N) is 3. The summed E-state index contributed by atoms with van der Waals surface area (Å²) in [6.45, 7) is 14.4. The van der Waals surface area contributed by atoms with Crippen molar-refractivity contribution in [1.82, 2.24) is 15.1 Å². The number of nitrogens with one attached hydrogen (secondary N) is 1. The van der Waals surface area contributed by atoms with Gasteiger partial charge in [0.2, 0.25) is 0 Å². The van der Waals surface area contributed by atoms with Crippen LogP contribution in [0.5, 0.6) is 0 Å². The molecule has 1 spiro atoms. The van der Waals surface area contributed by atoms with Gasteiger partial charge in [-0.1, -0.05) is 25.1 Å². The zero-order valence-corrected chi connectivity index (χ0v) is 16.6. The maximum Gasteiger partial charge on any atom is 0.0412 e. The first-order valence-corrected chi connectivity index (χ1v) is 10.8. The monoisotopic (exact) mass is 356 g/mol. The summed E-state index contributed by atoms with van der Waals surface area (Å²) in [7, 11) is 0. The van der Waals surface area contributed by atoms with Crippen LogP contribution >= 0.6 is 0 Å². The number of piperidine rings is 1. The molecule has 3 saturated heterocycles. The zero-order chi connectivity index (χ0) is 17.8. The molecule has 4 nitrogen and oxygen atoms in total. The van der Waals surface area contributed by atoms with Crippen molar-refractivity contribution in [2.75, 3.05) is 63.8 Å². The molecule has 1 aromatic carbocycles. The number of likely N-dealkylation sites (tertiary alicyclic amines) is 1. The maximum absolute atomic E-state index is 3.54. The molecule has 3 fully saturated rings. The Morgan fingerprint density at radius 2 is 1.69 bits per heavy atom. The highest BCUT2D eigenvalue weighted by atomic mass is 15.3. The Labute approximate surface area is 159 Å². The van der Waals surface area contributed by atoms with E-state index in [4.69, 9.17) is 0 Å². The highest BCUT2D eigenvalue weighted by Gasteiger charge is 2.38. The molecule has 0 bridgehead atoms. The van der Waals surface area contributed by atoms with Crippen LogP contribution in [0, 0.1) is 5.41 Å². The minimum absolute atomic E-state index is 0.603. The number of piperazine rings is 1. The highest BCUT2D eigenvalue weighted by molar-refractivity contribution is 5.54. The minimum atomic E-state index is 0.603. The predicted molar refractivity (Wildman–Crippen MR) is 110 cm³/mol. The van der Waals surface area contributed by atoms with Crippen molar-refractivity contribution in [2.24, 2.45) is 5.41 Å². The lowest BCUT2D eigenvalue weighted by Crippen LogP contribution is -2.47. The van der Waals surface area contributed by atoms with Crippen LogP contribution in [0.25, 0.3) is 0 Å². The largest absolute Gasteiger partial charge is 0.369 e. The van der Waals surface area contributed by atoms with E-state index in [0.29, 0.717) is 5.41 Å². The molecule has 0 unspecified atom stereocenters. The molecule has 0 atom stereocenters. The van der Waals surface area contributed by atoms with Gasteiger partial charge in [-0.15, -0.1) is 0 Å². The van der Waals surface area contributed by atoms with Crippen molar-refractivity contribution in [3.8, 4) is 0 Å². The van der Waals surface area contributed by atoms with Crippen LogP contribution in [0.3, 0.4) is 0 Å². The van der Waals surface area contributed by atoms with Gasteiger partial charge in [0, 0.05) is 45.0 Å². The molecule has 26 heavy (non-hydrogen) atoms. The fourth-order valence-corrected chi connectivity index (χ4v) is 5.25.